The zero-order chi connectivity index (χ0) is 17.4. The smallest absolute Gasteiger partial charge is 0.274 e. The summed E-state index contributed by atoms with van der Waals surface area (Å²) in [6.45, 7) is 1.70. The monoisotopic (exact) mass is 342 g/mol. The summed E-state index contributed by atoms with van der Waals surface area (Å²) in [7, 11) is 0. The number of carbonyl (C=O) groups excluding carboxylic acids is 1. The normalized spacial score (nSPS) is 22.7. The second-order valence-corrected chi connectivity index (χ2v) is 6.54. The zero-order valence-corrected chi connectivity index (χ0v) is 13.7. The minimum Gasteiger partial charge on any atom is -0.330 e. The van der Waals surface area contributed by atoms with Crippen molar-refractivity contribution in [1.29, 1.82) is 0 Å². The van der Waals surface area contributed by atoms with Crippen molar-refractivity contribution in [3.8, 4) is 5.69 Å². The van der Waals surface area contributed by atoms with E-state index in [1.165, 1.54) is 36.4 Å². The second kappa shape index (κ2) is 6.40. The molecule has 0 radical (unpaired) electrons. The van der Waals surface area contributed by atoms with Crippen molar-refractivity contribution >= 4 is 5.91 Å². The van der Waals surface area contributed by atoms with Gasteiger partial charge in [0, 0.05) is 24.7 Å². The molecule has 7 heteroatoms. The third kappa shape index (κ3) is 2.95. The van der Waals surface area contributed by atoms with Crippen molar-refractivity contribution in [3.05, 3.63) is 58.3 Å². The molecule has 2 fully saturated rings. The van der Waals surface area contributed by atoms with Crippen molar-refractivity contribution in [2.45, 2.75) is 31.3 Å². The first kappa shape index (κ1) is 16.0. The van der Waals surface area contributed by atoms with Crippen LogP contribution in [0.25, 0.3) is 5.69 Å². The summed E-state index contributed by atoms with van der Waals surface area (Å²) in [6.07, 6.45) is 2.93. The number of rotatable bonds is 2. The van der Waals surface area contributed by atoms with Crippen LogP contribution in [0.3, 0.4) is 0 Å². The first-order chi connectivity index (χ1) is 12.1. The molecule has 1 aromatic heterocycles. The Labute approximate surface area is 144 Å². The van der Waals surface area contributed by atoms with Crippen molar-refractivity contribution in [1.82, 2.24) is 20.0 Å². The van der Waals surface area contributed by atoms with Crippen molar-refractivity contribution in [2.75, 3.05) is 13.1 Å². The highest BCUT2D eigenvalue weighted by Crippen LogP contribution is 2.29. The Bertz CT molecular complexity index is 835. The molecule has 6 nitrogen and oxygen atoms in total. The third-order valence-electron chi connectivity index (χ3n) is 4.98. The number of halogens is 1. The first-order valence-electron chi connectivity index (χ1n) is 8.53. The lowest BCUT2D eigenvalue weighted by Crippen LogP contribution is -2.43. The summed E-state index contributed by atoms with van der Waals surface area (Å²) < 4.78 is 14.3. The van der Waals surface area contributed by atoms with E-state index < -0.39 is 5.82 Å². The van der Waals surface area contributed by atoms with Crippen LogP contribution in [0.1, 0.15) is 29.8 Å². The molecule has 2 aromatic rings. The molecule has 1 amide bonds. The van der Waals surface area contributed by atoms with Gasteiger partial charge in [-0.2, -0.15) is 9.78 Å². The summed E-state index contributed by atoms with van der Waals surface area (Å²) in [5, 5.41) is 7.61. The second-order valence-electron chi connectivity index (χ2n) is 6.54. The van der Waals surface area contributed by atoms with Crippen molar-refractivity contribution in [3.63, 3.8) is 0 Å². The van der Waals surface area contributed by atoms with Gasteiger partial charge in [-0.1, -0.05) is 0 Å². The van der Waals surface area contributed by atoms with Gasteiger partial charge in [0.05, 0.1) is 5.69 Å². The van der Waals surface area contributed by atoms with E-state index in [2.05, 4.69) is 10.4 Å². The number of benzene rings is 1. The summed E-state index contributed by atoms with van der Waals surface area (Å²) in [5.74, 6) is -0.537. The van der Waals surface area contributed by atoms with Gasteiger partial charge in [0.1, 0.15) is 11.5 Å². The van der Waals surface area contributed by atoms with Crippen LogP contribution in [-0.4, -0.2) is 45.8 Å². The molecule has 2 aliphatic rings. The van der Waals surface area contributed by atoms with Gasteiger partial charge in [0.2, 0.25) is 0 Å². The Hall–Kier alpha value is -2.54. The number of nitrogens with zero attached hydrogens (tertiary/aromatic N) is 3. The van der Waals surface area contributed by atoms with Crippen LogP contribution < -0.4 is 10.9 Å². The molecule has 4 rings (SSSR count). The number of aromatic nitrogens is 2. The topological polar surface area (TPSA) is 67.2 Å². The predicted molar refractivity (Wildman–Crippen MR) is 90.3 cm³/mol. The predicted octanol–water partition coefficient (Wildman–Crippen LogP) is 1.34. The van der Waals surface area contributed by atoms with E-state index >= 15 is 0 Å². The summed E-state index contributed by atoms with van der Waals surface area (Å²) in [5.41, 5.74) is 0.313. The molecule has 1 N–H and O–H groups in total. The molecule has 2 bridgehead atoms. The molecule has 3 heterocycles. The molecular weight excluding hydrogens is 323 g/mol. The van der Waals surface area contributed by atoms with E-state index in [1.54, 1.807) is 0 Å². The Morgan fingerprint density at radius 2 is 1.84 bits per heavy atom. The van der Waals surface area contributed by atoms with Crippen LogP contribution >= 0.6 is 0 Å². The quantitative estimate of drug-likeness (QED) is 0.894. The van der Waals surface area contributed by atoms with Gasteiger partial charge in [0.25, 0.3) is 11.5 Å². The maximum Gasteiger partial charge on any atom is 0.274 e. The van der Waals surface area contributed by atoms with E-state index in [4.69, 9.17) is 0 Å². The van der Waals surface area contributed by atoms with Crippen LogP contribution in [-0.2, 0) is 0 Å². The van der Waals surface area contributed by atoms with Gasteiger partial charge in [-0.15, -0.1) is 0 Å². The number of fused-ring (bicyclic) bond motifs is 2. The Balaban J connectivity index is 1.69. The summed E-state index contributed by atoms with van der Waals surface area (Å²) >= 11 is 0. The lowest BCUT2D eigenvalue weighted by atomic mass is 10.1. The number of carbonyl (C=O) groups is 1. The Morgan fingerprint density at radius 1 is 1.08 bits per heavy atom. The largest absolute Gasteiger partial charge is 0.330 e. The minimum absolute atomic E-state index is 0.146. The van der Waals surface area contributed by atoms with Crippen LogP contribution in [0, 0.1) is 5.82 Å². The number of hydrogen-bond donors (Lipinski definition) is 1. The fourth-order valence-electron chi connectivity index (χ4n) is 3.74. The van der Waals surface area contributed by atoms with E-state index in [0.29, 0.717) is 5.69 Å². The average Bonchev–Trinajstić information content (AvgIpc) is 2.88. The SMILES string of the molecule is O=C(c1ccc(=O)n(-c2ccc(F)cc2)n1)N1C2CCNCC1CC2. The Kier molecular flexibility index (Phi) is 4.09. The van der Waals surface area contributed by atoms with E-state index in [1.807, 2.05) is 4.90 Å². The molecule has 2 aliphatic heterocycles. The number of nitrogens with one attached hydrogen (secondary N) is 1. The highest BCUT2D eigenvalue weighted by atomic mass is 19.1. The lowest BCUT2D eigenvalue weighted by Gasteiger charge is -2.27. The molecular formula is C18H19FN4O2. The number of amides is 1. The molecule has 2 unspecified atom stereocenters. The highest BCUT2D eigenvalue weighted by molar-refractivity contribution is 5.92. The molecule has 2 saturated heterocycles. The Morgan fingerprint density at radius 3 is 2.64 bits per heavy atom. The van der Waals surface area contributed by atoms with Crippen molar-refractivity contribution in [2.24, 2.45) is 0 Å². The first-order valence-corrected chi connectivity index (χ1v) is 8.53. The van der Waals surface area contributed by atoms with Crippen molar-refractivity contribution < 1.29 is 9.18 Å². The van der Waals surface area contributed by atoms with Crippen LogP contribution in [0.5, 0.6) is 0 Å². The van der Waals surface area contributed by atoms with Gasteiger partial charge >= 0.3 is 0 Å². The number of hydrogen-bond acceptors (Lipinski definition) is 4. The molecule has 0 saturated carbocycles. The molecule has 130 valence electrons. The standard InChI is InChI=1S/C18H19FN4O2/c19-12-1-3-14(4-2-12)23-17(24)8-7-16(21-23)18(25)22-13-5-6-15(22)11-20-10-9-13/h1-4,7-8,13,15,20H,5-6,9-11H2. The van der Waals surface area contributed by atoms with Gasteiger partial charge < -0.3 is 10.2 Å². The zero-order valence-electron chi connectivity index (χ0n) is 13.7. The fourth-order valence-corrected chi connectivity index (χ4v) is 3.74. The summed E-state index contributed by atoms with van der Waals surface area (Å²) in [4.78, 5) is 27.1. The highest BCUT2D eigenvalue weighted by Gasteiger charge is 2.38. The molecule has 1 aromatic carbocycles. The van der Waals surface area contributed by atoms with Crippen LogP contribution in [0.4, 0.5) is 4.39 Å². The van der Waals surface area contributed by atoms with Gasteiger partial charge in [-0.3, -0.25) is 9.59 Å². The maximum atomic E-state index is 13.1. The average molecular weight is 342 g/mol. The third-order valence-corrected chi connectivity index (χ3v) is 4.98. The van der Waals surface area contributed by atoms with Crippen LogP contribution in [0.15, 0.2) is 41.2 Å². The maximum absolute atomic E-state index is 13.1. The van der Waals surface area contributed by atoms with Crippen LogP contribution in [0.2, 0.25) is 0 Å². The van der Waals surface area contributed by atoms with E-state index in [-0.39, 0.29) is 29.2 Å². The minimum atomic E-state index is -0.391. The lowest BCUT2D eigenvalue weighted by molar-refractivity contribution is 0.0672. The van der Waals surface area contributed by atoms with Gasteiger partial charge in [-0.05, 0) is 56.1 Å². The fraction of sp³-hybridized carbons (Fsp3) is 0.389. The van der Waals surface area contributed by atoms with Gasteiger partial charge in [-0.25, -0.2) is 4.39 Å². The molecule has 2 atom stereocenters. The molecule has 0 spiro atoms. The van der Waals surface area contributed by atoms with E-state index in [0.717, 1.165) is 37.0 Å². The molecule has 0 aliphatic carbocycles. The van der Waals surface area contributed by atoms with E-state index in [9.17, 15) is 14.0 Å². The van der Waals surface area contributed by atoms with Gasteiger partial charge in [0.15, 0.2) is 0 Å². The summed E-state index contributed by atoms with van der Waals surface area (Å²) in [6, 6.07) is 8.67. The molecule has 25 heavy (non-hydrogen) atoms.